The number of hydrogen-bond donors (Lipinski definition) is 0. The lowest BCUT2D eigenvalue weighted by Gasteiger charge is -2.21. The maximum absolute atomic E-state index is 12.7. The highest BCUT2D eigenvalue weighted by Gasteiger charge is 2.25. The molecule has 0 bridgehead atoms. The molecule has 1 aliphatic heterocycles. The molecule has 5 heteroatoms. The Balaban J connectivity index is 1.37. The van der Waals surface area contributed by atoms with Gasteiger partial charge >= 0.3 is 0 Å². The van der Waals surface area contributed by atoms with Crippen LogP contribution in [0.25, 0.3) is 11.0 Å². The third-order valence-electron chi connectivity index (χ3n) is 5.22. The summed E-state index contributed by atoms with van der Waals surface area (Å²) in [6.07, 6.45) is 2.22. The van der Waals surface area contributed by atoms with E-state index in [9.17, 15) is 4.79 Å². The molecular weight excluding hydrogens is 338 g/mol. The number of amides is 1. The van der Waals surface area contributed by atoms with Gasteiger partial charge in [-0.2, -0.15) is 0 Å². The predicted octanol–water partition coefficient (Wildman–Crippen LogP) is 3.45. The number of nitrogens with zero attached hydrogens (tertiary/aromatic N) is 3. The molecule has 0 saturated carbocycles. The second-order valence-electron chi connectivity index (χ2n) is 7.10. The highest BCUT2D eigenvalue weighted by molar-refractivity contribution is 5.78. The van der Waals surface area contributed by atoms with Crippen molar-refractivity contribution in [3.8, 4) is 5.75 Å². The minimum absolute atomic E-state index is 0.0385. The van der Waals surface area contributed by atoms with Gasteiger partial charge in [0.1, 0.15) is 17.7 Å². The molecule has 1 aliphatic rings. The first-order chi connectivity index (χ1) is 13.2. The molecule has 2 heterocycles. The summed E-state index contributed by atoms with van der Waals surface area (Å²) >= 11 is 0. The number of para-hydroxylation sites is 3. The average Bonchev–Trinajstić information content (AvgIpc) is 3.26. The van der Waals surface area contributed by atoms with Crippen molar-refractivity contribution in [3.05, 3.63) is 59.9 Å². The van der Waals surface area contributed by atoms with Crippen molar-refractivity contribution in [1.82, 2.24) is 14.5 Å². The highest BCUT2D eigenvalue weighted by Crippen LogP contribution is 2.28. The van der Waals surface area contributed by atoms with E-state index in [1.165, 1.54) is 5.56 Å². The number of benzene rings is 2. The molecule has 3 aromatic rings. The molecule has 1 amide bonds. The summed E-state index contributed by atoms with van der Waals surface area (Å²) in [5.41, 5.74) is 3.31. The molecule has 5 nitrogen and oxygen atoms in total. The van der Waals surface area contributed by atoms with E-state index in [0.717, 1.165) is 35.4 Å². The number of likely N-dealkylation sites (N-methyl/N-ethyl adjacent to an activating group) is 1. The van der Waals surface area contributed by atoms with Crippen LogP contribution in [-0.4, -0.2) is 40.1 Å². The molecule has 0 aliphatic carbocycles. The molecule has 27 heavy (non-hydrogen) atoms. The van der Waals surface area contributed by atoms with Crippen molar-refractivity contribution in [2.45, 2.75) is 38.8 Å². The highest BCUT2D eigenvalue weighted by atomic mass is 16.5. The topological polar surface area (TPSA) is 47.4 Å². The Morgan fingerprint density at radius 1 is 1.22 bits per heavy atom. The van der Waals surface area contributed by atoms with Gasteiger partial charge in [-0.15, -0.1) is 0 Å². The van der Waals surface area contributed by atoms with Crippen molar-refractivity contribution in [1.29, 1.82) is 0 Å². The van der Waals surface area contributed by atoms with Crippen LogP contribution in [-0.2, 0) is 24.2 Å². The lowest BCUT2D eigenvalue weighted by Crippen LogP contribution is -2.36. The lowest BCUT2D eigenvalue weighted by molar-refractivity contribution is -0.131. The summed E-state index contributed by atoms with van der Waals surface area (Å²) in [4.78, 5) is 19.1. The van der Waals surface area contributed by atoms with Gasteiger partial charge < -0.3 is 14.2 Å². The van der Waals surface area contributed by atoms with Crippen molar-refractivity contribution in [3.63, 3.8) is 0 Å². The summed E-state index contributed by atoms with van der Waals surface area (Å²) in [6, 6.07) is 16.2. The van der Waals surface area contributed by atoms with E-state index in [2.05, 4.69) is 28.6 Å². The van der Waals surface area contributed by atoms with Crippen molar-refractivity contribution in [2.75, 3.05) is 13.6 Å². The molecule has 0 N–H and O–H groups in total. The minimum Gasteiger partial charge on any atom is -0.488 e. The number of carbonyl (C=O) groups excluding carboxylic acids is 1. The smallest absolute Gasteiger partial charge is 0.224 e. The third kappa shape index (κ3) is 3.54. The van der Waals surface area contributed by atoms with Crippen LogP contribution in [0.3, 0.4) is 0 Å². The molecule has 140 valence electrons. The van der Waals surface area contributed by atoms with Crippen LogP contribution in [0.4, 0.5) is 0 Å². The number of hydrogen-bond acceptors (Lipinski definition) is 3. The van der Waals surface area contributed by atoms with Gasteiger partial charge in [-0.05, 0) is 23.8 Å². The lowest BCUT2D eigenvalue weighted by atomic mass is 10.1. The van der Waals surface area contributed by atoms with Crippen LogP contribution in [0, 0.1) is 0 Å². The molecule has 4 rings (SSSR count). The van der Waals surface area contributed by atoms with Gasteiger partial charge in [0.2, 0.25) is 5.91 Å². The number of aryl methyl sites for hydroxylation is 2. The number of aromatic nitrogens is 2. The fourth-order valence-electron chi connectivity index (χ4n) is 3.81. The fourth-order valence-corrected chi connectivity index (χ4v) is 3.81. The molecule has 0 spiro atoms. The van der Waals surface area contributed by atoms with Crippen LogP contribution >= 0.6 is 0 Å². The van der Waals surface area contributed by atoms with Crippen LogP contribution in [0.5, 0.6) is 5.75 Å². The summed E-state index contributed by atoms with van der Waals surface area (Å²) in [7, 11) is 1.86. The third-order valence-corrected chi connectivity index (χ3v) is 5.22. The van der Waals surface area contributed by atoms with E-state index < -0.39 is 0 Å². The molecule has 1 unspecified atom stereocenters. The quantitative estimate of drug-likeness (QED) is 0.674. The normalized spacial score (nSPS) is 15.6. The van der Waals surface area contributed by atoms with Gasteiger partial charge in [0.05, 0.1) is 17.6 Å². The molecule has 0 radical (unpaired) electrons. The first-order valence-corrected chi connectivity index (χ1v) is 9.58. The molecular formula is C22H25N3O2. The maximum Gasteiger partial charge on any atom is 0.224 e. The van der Waals surface area contributed by atoms with Gasteiger partial charge in [0.25, 0.3) is 0 Å². The summed E-state index contributed by atoms with van der Waals surface area (Å²) in [5.74, 6) is 2.11. The number of fused-ring (bicyclic) bond motifs is 2. The fraction of sp³-hybridized carbons (Fsp3) is 0.364. The molecule has 0 fully saturated rings. The second-order valence-corrected chi connectivity index (χ2v) is 7.10. The largest absolute Gasteiger partial charge is 0.488 e. The van der Waals surface area contributed by atoms with Crippen LogP contribution in [0.2, 0.25) is 0 Å². The zero-order chi connectivity index (χ0) is 18.8. The average molecular weight is 363 g/mol. The molecule has 1 aromatic heterocycles. The Kier molecular flexibility index (Phi) is 4.84. The second kappa shape index (κ2) is 7.43. The van der Waals surface area contributed by atoms with Gasteiger partial charge in [0, 0.05) is 32.9 Å². The first kappa shape index (κ1) is 17.6. The predicted molar refractivity (Wildman–Crippen MR) is 106 cm³/mol. The summed E-state index contributed by atoms with van der Waals surface area (Å²) < 4.78 is 8.13. The number of ether oxygens (including phenoxy) is 1. The monoisotopic (exact) mass is 363 g/mol. The van der Waals surface area contributed by atoms with Crippen LogP contribution in [0.15, 0.2) is 48.5 Å². The van der Waals surface area contributed by atoms with Gasteiger partial charge in [-0.1, -0.05) is 37.3 Å². The zero-order valence-corrected chi connectivity index (χ0v) is 15.9. The van der Waals surface area contributed by atoms with Gasteiger partial charge in [-0.25, -0.2) is 4.98 Å². The van der Waals surface area contributed by atoms with Crippen molar-refractivity contribution >= 4 is 16.9 Å². The Morgan fingerprint density at radius 2 is 2.00 bits per heavy atom. The van der Waals surface area contributed by atoms with E-state index in [1.54, 1.807) is 4.90 Å². The Bertz CT molecular complexity index is 938. The number of carbonyl (C=O) groups is 1. The van der Waals surface area contributed by atoms with E-state index in [0.29, 0.717) is 19.5 Å². The van der Waals surface area contributed by atoms with E-state index >= 15 is 0 Å². The maximum atomic E-state index is 12.7. The standard InChI is InChI=1S/C22H25N3O2/c1-3-21-23-18-9-5-6-10-19(18)25(21)13-12-22(26)24(2)15-17-14-16-8-4-7-11-20(16)27-17/h4-11,17H,3,12-15H2,1-2H3. The van der Waals surface area contributed by atoms with E-state index in [-0.39, 0.29) is 12.0 Å². The van der Waals surface area contributed by atoms with Crippen molar-refractivity contribution < 1.29 is 9.53 Å². The molecule has 0 saturated heterocycles. The van der Waals surface area contributed by atoms with E-state index in [1.807, 2.05) is 43.4 Å². The SMILES string of the molecule is CCc1nc2ccccc2n1CCC(=O)N(C)CC1Cc2ccccc2O1. The van der Waals surface area contributed by atoms with Crippen molar-refractivity contribution in [2.24, 2.45) is 0 Å². The number of imidazole rings is 1. The Labute approximate surface area is 159 Å². The first-order valence-electron chi connectivity index (χ1n) is 9.58. The minimum atomic E-state index is 0.0385. The molecule has 1 atom stereocenters. The van der Waals surface area contributed by atoms with Crippen LogP contribution < -0.4 is 4.74 Å². The summed E-state index contributed by atoms with van der Waals surface area (Å²) in [6.45, 7) is 3.36. The summed E-state index contributed by atoms with van der Waals surface area (Å²) in [5, 5.41) is 0. The van der Waals surface area contributed by atoms with Gasteiger partial charge in [0.15, 0.2) is 0 Å². The molecule has 2 aromatic carbocycles. The Morgan fingerprint density at radius 3 is 2.81 bits per heavy atom. The van der Waals surface area contributed by atoms with Crippen LogP contribution in [0.1, 0.15) is 24.7 Å². The zero-order valence-electron chi connectivity index (χ0n) is 15.9. The Hall–Kier alpha value is -2.82. The van der Waals surface area contributed by atoms with E-state index in [4.69, 9.17) is 4.74 Å². The van der Waals surface area contributed by atoms with Gasteiger partial charge in [-0.3, -0.25) is 4.79 Å². The number of rotatable bonds is 6.